The van der Waals surface area contributed by atoms with Gasteiger partial charge in [-0.05, 0) is 53.5 Å². The van der Waals surface area contributed by atoms with E-state index in [2.05, 4.69) is 4.98 Å². The van der Waals surface area contributed by atoms with Gasteiger partial charge >= 0.3 is 0 Å². The van der Waals surface area contributed by atoms with E-state index in [0.717, 1.165) is 0 Å². The van der Waals surface area contributed by atoms with Crippen LogP contribution in [0.4, 0.5) is 0 Å². The molecule has 0 amide bonds. The third-order valence-electron chi connectivity index (χ3n) is 5.48. The maximum absolute atomic E-state index is 9.33. The molecule has 0 unspecified atom stereocenters. The first-order valence-electron chi connectivity index (χ1n) is 16.8. The Balaban J connectivity index is 1.81. The largest absolute Gasteiger partial charge is 0.355 e. The van der Waals surface area contributed by atoms with Gasteiger partial charge in [0.15, 0.2) is 0 Å². The molecule has 0 saturated carbocycles. The second kappa shape index (κ2) is 6.60. The topological polar surface area (TPSA) is 20.7 Å². The number of hydrogen-bond donors (Lipinski definition) is 1. The summed E-state index contributed by atoms with van der Waals surface area (Å²) in [6, 6.07) is 1.07. The zero-order chi connectivity index (χ0) is 33.3. The van der Waals surface area contributed by atoms with E-state index in [9.17, 15) is 1.37 Å². The average molecular weight is 423 g/mol. The highest BCUT2D eigenvalue weighted by molar-refractivity contribution is 6.17. The number of aromatic amines is 1. The Kier molecular flexibility index (Phi) is 1.79. The second-order valence-corrected chi connectivity index (χ2v) is 7.24. The molecule has 2 aromatic heterocycles. The van der Waals surface area contributed by atoms with Gasteiger partial charge in [0.2, 0.25) is 0 Å². The van der Waals surface area contributed by atoms with Crippen molar-refractivity contribution in [3.63, 3.8) is 0 Å². The fourth-order valence-electron chi connectivity index (χ4n) is 4.13. The number of nitrogens with one attached hydrogen (secondary N) is 1. The quantitative estimate of drug-likeness (QED) is 0.291. The van der Waals surface area contributed by atoms with Crippen molar-refractivity contribution in [3.05, 3.63) is 115 Å². The molecule has 32 heavy (non-hydrogen) atoms. The van der Waals surface area contributed by atoms with Crippen LogP contribution < -0.4 is 0 Å². The number of fused-ring (bicyclic) bond motifs is 6. The van der Waals surface area contributed by atoms with Crippen molar-refractivity contribution in [1.29, 1.82) is 0 Å². The molecule has 2 nitrogen and oxygen atoms in total. The van der Waals surface area contributed by atoms with E-state index in [1.54, 1.807) is 30.3 Å². The third kappa shape index (κ3) is 2.41. The highest BCUT2D eigenvalue weighted by Crippen LogP contribution is 2.39. The van der Waals surface area contributed by atoms with Gasteiger partial charge in [0.25, 0.3) is 0 Å². The van der Waals surface area contributed by atoms with E-state index in [1.165, 1.54) is 4.57 Å². The minimum atomic E-state index is -0.612. The molecule has 150 valence electrons. The predicted octanol–water partition coefficient (Wildman–Crippen LogP) is 8.09. The van der Waals surface area contributed by atoms with Gasteiger partial charge in [-0.1, -0.05) is 72.6 Å². The summed E-state index contributed by atoms with van der Waals surface area (Å²) in [5.74, 6) is 0. The summed E-state index contributed by atoms with van der Waals surface area (Å²) in [6.45, 7) is 0. The lowest BCUT2D eigenvalue weighted by Gasteiger charge is -2.09. The number of rotatable bonds is 2. The van der Waals surface area contributed by atoms with Gasteiger partial charge in [0, 0.05) is 38.3 Å². The Labute approximate surface area is 205 Å². The van der Waals surface area contributed by atoms with Crippen LogP contribution in [0.5, 0.6) is 0 Å². The summed E-state index contributed by atoms with van der Waals surface area (Å²) >= 11 is 0. The van der Waals surface area contributed by atoms with E-state index >= 15 is 0 Å². The lowest BCUT2D eigenvalue weighted by atomic mass is 9.98. The molecule has 0 aliphatic carbocycles. The molecule has 2 heteroatoms. The number of hydrogen-bond acceptors (Lipinski definition) is 0. The van der Waals surface area contributed by atoms with Gasteiger partial charge in [-0.2, -0.15) is 0 Å². The highest BCUT2D eigenvalue weighted by Gasteiger charge is 2.16. The predicted molar refractivity (Wildman–Crippen MR) is 136 cm³/mol. The van der Waals surface area contributed by atoms with Crippen LogP contribution >= 0.6 is 0 Å². The zero-order valence-electron chi connectivity index (χ0n) is 30.3. The Bertz CT molecular complexity index is 2520. The van der Waals surface area contributed by atoms with Crippen molar-refractivity contribution in [3.8, 4) is 16.8 Å². The average Bonchev–Trinajstić information content (AvgIpc) is 3.62. The summed E-state index contributed by atoms with van der Waals surface area (Å²) in [6.07, 6.45) is 0. The van der Waals surface area contributed by atoms with E-state index < -0.39 is 84.6 Å². The molecule has 0 bridgehead atoms. The molecule has 0 atom stereocenters. The van der Waals surface area contributed by atoms with Crippen LogP contribution in [0.1, 0.15) is 19.2 Å². The van der Waals surface area contributed by atoms with E-state index in [1.807, 2.05) is 0 Å². The summed E-state index contributed by atoms with van der Waals surface area (Å²) in [5, 5.41) is -0.395. The van der Waals surface area contributed by atoms with Crippen molar-refractivity contribution in [2.24, 2.45) is 0 Å². The molecule has 7 aromatic rings. The second-order valence-electron chi connectivity index (χ2n) is 7.24. The maximum atomic E-state index is 9.33. The Morgan fingerprint density at radius 3 is 2.28 bits per heavy atom. The minimum absolute atomic E-state index is 0.0432. The van der Waals surface area contributed by atoms with Crippen molar-refractivity contribution in [2.75, 3.05) is 0 Å². The van der Waals surface area contributed by atoms with Crippen LogP contribution in [0.25, 0.3) is 60.4 Å². The summed E-state index contributed by atoms with van der Waals surface area (Å²) < 4.78 is 123. The van der Waals surface area contributed by atoms with Crippen LogP contribution in [0.15, 0.2) is 115 Å². The minimum Gasteiger partial charge on any atom is -0.355 e. The van der Waals surface area contributed by atoms with Crippen LogP contribution in [0.2, 0.25) is 0 Å². The fraction of sp³-hybridized carbons (Fsp3) is 0. The molecule has 0 spiro atoms. The SMILES string of the molecule is [2H]c1c([2H])c([2H])c2c([nH]c3c([2H])c([2H])c(-c4c([2H])c([2H])c([2H])c5c4c4c([2H])c([2H])c([2H])c([2H])c4n5-c4ccccc4)c([2H])c32)c1[2H]. The smallest absolute Gasteiger partial charge is 0.0645 e. The van der Waals surface area contributed by atoms with Crippen molar-refractivity contribution in [2.45, 2.75) is 0 Å². The number of H-pyrrole nitrogens is 1. The van der Waals surface area contributed by atoms with E-state index in [-0.39, 0.29) is 54.7 Å². The first-order valence-corrected chi connectivity index (χ1v) is 9.83. The molecule has 7 rings (SSSR count). The van der Waals surface area contributed by atoms with E-state index in [4.69, 9.17) is 17.8 Å². The Morgan fingerprint density at radius 1 is 0.625 bits per heavy atom. The first kappa shape index (κ1) is 8.68. The molecular weight excluding hydrogens is 388 g/mol. The number of benzene rings is 5. The molecular formula is C30H20N2. The Hall–Kier alpha value is -4.30. The van der Waals surface area contributed by atoms with Crippen molar-refractivity contribution in [1.82, 2.24) is 9.55 Å². The molecule has 1 N–H and O–H groups in total. The Morgan fingerprint density at radius 2 is 1.38 bits per heavy atom. The van der Waals surface area contributed by atoms with Gasteiger partial charge in [-0.3, -0.25) is 0 Å². The molecule has 0 aliphatic heterocycles. The van der Waals surface area contributed by atoms with Crippen LogP contribution in [0, 0.1) is 0 Å². The summed E-state index contributed by atoms with van der Waals surface area (Å²) in [5.41, 5.74) is -0.511. The van der Waals surface area contributed by atoms with Gasteiger partial charge < -0.3 is 9.55 Å². The van der Waals surface area contributed by atoms with Gasteiger partial charge in [0.1, 0.15) is 0 Å². The normalized spacial score (nSPS) is 17.9. The van der Waals surface area contributed by atoms with Gasteiger partial charge in [-0.25, -0.2) is 0 Å². The van der Waals surface area contributed by atoms with Crippen LogP contribution in [0.3, 0.4) is 0 Å². The van der Waals surface area contributed by atoms with Crippen LogP contribution in [-0.4, -0.2) is 9.55 Å². The monoisotopic (exact) mass is 422 g/mol. The molecule has 5 aromatic carbocycles. The third-order valence-corrected chi connectivity index (χ3v) is 5.48. The van der Waals surface area contributed by atoms with Crippen LogP contribution in [-0.2, 0) is 0 Å². The van der Waals surface area contributed by atoms with Gasteiger partial charge in [0.05, 0.1) is 30.2 Å². The molecule has 2 heterocycles. The van der Waals surface area contributed by atoms with Gasteiger partial charge in [-0.15, -0.1) is 0 Å². The number of para-hydroxylation sites is 3. The maximum Gasteiger partial charge on any atom is 0.0645 e. The highest BCUT2D eigenvalue weighted by atomic mass is 15.0. The summed E-state index contributed by atoms with van der Waals surface area (Å²) in [4.78, 5) is 2.78. The molecule has 0 radical (unpaired) electrons. The zero-order valence-corrected chi connectivity index (χ0v) is 16.3. The number of nitrogens with zero attached hydrogens (tertiary/aromatic N) is 1. The van der Waals surface area contributed by atoms with Crippen molar-refractivity contribution >= 4 is 43.6 Å². The molecule has 0 fully saturated rings. The lowest BCUT2D eigenvalue weighted by Crippen LogP contribution is -1.92. The van der Waals surface area contributed by atoms with E-state index in [0.29, 0.717) is 5.69 Å². The number of aromatic nitrogens is 2. The van der Waals surface area contributed by atoms with Crippen molar-refractivity contribution < 1.29 is 19.2 Å². The lowest BCUT2D eigenvalue weighted by molar-refractivity contribution is 1.18. The fourth-order valence-corrected chi connectivity index (χ4v) is 4.13. The first-order chi connectivity index (χ1) is 21.7. The summed E-state index contributed by atoms with van der Waals surface area (Å²) in [7, 11) is 0. The molecule has 0 aliphatic rings. The standard InChI is InChI=1S/C30H20N2/c1-2-9-21(10-3-1)32-28-15-7-5-12-24(28)30-22(13-8-16-29(30)32)20-17-18-27-25(19-20)23-11-4-6-14-26(23)31-27/h1-19,31H/i4D,5D,6D,7D,8D,11D,12D,13D,14D,15D,16D,17D,18D,19D. The molecule has 0 saturated heterocycles.